The van der Waals surface area contributed by atoms with E-state index in [1.165, 1.54) is 12.1 Å². The number of ether oxygens (including phenoxy) is 1. The Morgan fingerprint density at radius 2 is 1.71 bits per heavy atom. The van der Waals surface area contributed by atoms with E-state index >= 15 is 4.39 Å². The summed E-state index contributed by atoms with van der Waals surface area (Å²) in [5.41, 5.74) is 5.21. The van der Waals surface area contributed by atoms with Gasteiger partial charge in [-0.05, 0) is 75.8 Å². The van der Waals surface area contributed by atoms with Gasteiger partial charge in [0.15, 0.2) is 0 Å². The molecular weight excluding hydrogens is 529 g/mol. The van der Waals surface area contributed by atoms with Crippen molar-refractivity contribution in [2.24, 2.45) is 29.4 Å². The van der Waals surface area contributed by atoms with Gasteiger partial charge < -0.3 is 25.8 Å². The van der Waals surface area contributed by atoms with Gasteiger partial charge in [0.2, 0.25) is 11.8 Å². The van der Waals surface area contributed by atoms with Gasteiger partial charge in [-0.3, -0.25) is 9.59 Å². The Kier molecular flexibility index (Phi) is 9.59. The van der Waals surface area contributed by atoms with Crippen molar-refractivity contribution in [2.75, 3.05) is 13.1 Å². The zero-order valence-corrected chi connectivity index (χ0v) is 24.4. The highest BCUT2D eigenvalue weighted by atomic mass is 19.1. The minimum absolute atomic E-state index is 0.0894. The number of carbonyl (C=O) groups is 4. The fourth-order valence-electron chi connectivity index (χ4n) is 7.25. The predicted molar refractivity (Wildman–Crippen MR) is 151 cm³/mol. The van der Waals surface area contributed by atoms with Gasteiger partial charge in [0, 0.05) is 24.9 Å². The van der Waals surface area contributed by atoms with Crippen molar-refractivity contribution in [2.45, 2.75) is 96.1 Å². The van der Waals surface area contributed by atoms with Crippen LogP contribution in [0.3, 0.4) is 0 Å². The molecule has 1 aromatic carbocycles. The third kappa shape index (κ3) is 7.19. The molecule has 0 radical (unpaired) electrons. The molecule has 9 nitrogen and oxygen atoms in total. The Morgan fingerprint density at radius 3 is 2.29 bits per heavy atom. The van der Waals surface area contributed by atoms with E-state index < -0.39 is 46.9 Å². The average molecular weight is 574 g/mol. The minimum atomic E-state index is -1.35. The van der Waals surface area contributed by atoms with Gasteiger partial charge in [-0.1, -0.05) is 44.2 Å². The number of halogens is 1. The van der Waals surface area contributed by atoms with Crippen LogP contribution in [0.15, 0.2) is 18.2 Å². The van der Waals surface area contributed by atoms with Gasteiger partial charge >= 0.3 is 12.1 Å². The molecule has 1 aliphatic heterocycles. The smallest absolute Gasteiger partial charge is 0.407 e. The van der Waals surface area contributed by atoms with E-state index in [1.807, 2.05) is 20.8 Å². The van der Waals surface area contributed by atoms with Crippen LogP contribution >= 0.6 is 0 Å². The number of alkyl carbamates (subject to hydrolysis) is 1. The summed E-state index contributed by atoms with van der Waals surface area (Å²) >= 11 is 0. The molecule has 1 heterocycles. The van der Waals surface area contributed by atoms with Crippen molar-refractivity contribution in [3.63, 3.8) is 0 Å². The Morgan fingerprint density at radius 1 is 1.05 bits per heavy atom. The predicted octanol–water partition coefficient (Wildman–Crippen LogP) is 4.83. The zero-order valence-electron chi connectivity index (χ0n) is 24.4. The number of likely N-dealkylation sites (tertiary alicyclic amines) is 1. The topological polar surface area (TPSA) is 139 Å². The zero-order chi connectivity index (χ0) is 29.9. The van der Waals surface area contributed by atoms with Crippen LogP contribution in [0, 0.1) is 29.5 Å². The third-order valence-electron chi connectivity index (χ3n) is 9.12. The third-order valence-corrected chi connectivity index (χ3v) is 9.12. The lowest BCUT2D eigenvalue weighted by Crippen LogP contribution is -2.50. The van der Waals surface area contributed by atoms with Crippen molar-refractivity contribution in [1.29, 1.82) is 0 Å². The number of carbonyl (C=O) groups excluding carboxylic acids is 3. The largest absolute Gasteiger partial charge is 0.478 e. The van der Waals surface area contributed by atoms with E-state index in [4.69, 9.17) is 10.5 Å². The van der Waals surface area contributed by atoms with E-state index in [2.05, 4.69) is 5.32 Å². The van der Waals surface area contributed by atoms with Crippen LogP contribution in [-0.4, -0.2) is 58.6 Å². The monoisotopic (exact) mass is 573 g/mol. The van der Waals surface area contributed by atoms with Crippen molar-refractivity contribution >= 4 is 23.9 Å². The quantitative estimate of drug-likeness (QED) is 0.427. The van der Waals surface area contributed by atoms with Crippen LogP contribution < -0.4 is 11.1 Å². The summed E-state index contributed by atoms with van der Waals surface area (Å²) in [5.74, 6) is -3.78. The summed E-state index contributed by atoms with van der Waals surface area (Å²) in [4.78, 5) is 52.2. The first-order valence-corrected chi connectivity index (χ1v) is 15.0. The van der Waals surface area contributed by atoms with Gasteiger partial charge in [0.05, 0.1) is 5.56 Å². The van der Waals surface area contributed by atoms with E-state index in [1.54, 1.807) is 11.0 Å². The number of hydrogen-bond acceptors (Lipinski definition) is 5. The van der Waals surface area contributed by atoms with Gasteiger partial charge in [-0.25, -0.2) is 14.0 Å². The Bertz CT molecular complexity index is 1140. The van der Waals surface area contributed by atoms with Crippen molar-refractivity contribution in [3.05, 3.63) is 35.1 Å². The number of carboxylic acids is 1. The fourth-order valence-corrected chi connectivity index (χ4v) is 7.25. The molecule has 1 aromatic rings. The molecule has 4 rings (SSSR count). The van der Waals surface area contributed by atoms with E-state index in [9.17, 15) is 24.3 Å². The number of carboxylic acid groups (broad SMARTS) is 1. The van der Waals surface area contributed by atoms with Crippen LogP contribution in [0.25, 0.3) is 0 Å². The molecule has 4 N–H and O–H groups in total. The molecule has 0 bridgehead atoms. The molecule has 1 unspecified atom stereocenters. The number of nitrogens with zero attached hydrogens (tertiary/aromatic N) is 1. The number of hydrogen-bond donors (Lipinski definition) is 3. The van der Waals surface area contributed by atoms with Crippen LogP contribution in [0.2, 0.25) is 0 Å². The molecule has 2 aliphatic carbocycles. The summed E-state index contributed by atoms with van der Waals surface area (Å²) in [6, 6.07) is 3.47. The molecule has 2 saturated carbocycles. The molecule has 3 atom stereocenters. The van der Waals surface area contributed by atoms with Crippen molar-refractivity contribution in [1.82, 2.24) is 10.2 Å². The molecule has 0 aromatic heterocycles. The summed E-state index contributed by atoms with van der Waals surface area (Å²) in [6.07, 6.45) is 7.05. The molecule has 3 amide bonds. The second kappa shape index (κ2) is 12.8. The molecule has 226 valence electrons. The van der Waals surface area contributed by atoms with E-state index in [0.717, 1.165) is 44.9 Å². The van der Waals surface area contributed by atoms with Gasteiger partial charge in [0.25, 0.3) is 0 Å². The van der Waals surface area contributed by atoms with Gasteiger partial charge in [-0.2, -0.15) is 0 Å². The molecule has 10 heteroatoms. The van der Waals surface area contributed by atoms with Crippen molar-refractivity contribution in [3.8, 4) is 0 Å². The van der Waals surface area contributed by atoms with E-state index in [-0.39, 0.29) is 41.7 Å². The number of aromatic carboxylic acids is 1. The lowest BCUT2D eigenvalue weighted by atomic mass is 9.70. The second-order valence-electron chi connectivity index (χ2n) is 13.0. The second-order valence-corrected chi connectivity index (χ2v) is 13.0. The number of nitrogens with two attached hydrogens (primary N) is 1. The van der Waals surface area contributed by atoms with E-state index in [0.29, 0.717) is 19.4 Å². The Labute approximate surface area is 241 Å². The highest BCUT2D eigenvalue weighted by Gasteiger charge is 2.52. The first-order valence-electron chi connectivity index (χ1n) is 15.0. The molecule has 3 fully saturated rings. The summed E-state index contributed by atoms with van der Waals surface area (Å²) in [5, 5.41) is 12.3. The maximum Gasteiger partial charge on any atom is 0.407 e. The number of amides is 3. The Hall–Kier alpha value is -3.17. The summed E-state index contributed by atoms with van der Waals surface area (Å²) < 4.78 is 20.9. The minimum Gasteiger partial charge on any atom is -0.478 e. The number of nitrogens with one attached hydrogen (secondary N) is 1. The lowest BCUT2D eigenvalue weighted by molar-refractivity contribution is -0.143. The molecular formula is C31H44FN3O6. The number of primary amides is 1. The lowest BCUT2D eigenvalue weighted by Gasteiger charge is -2.36. The number of rotatable bonds is 7. The summed E-state index contributed by atoms with van der Waals surface area (Å²) in [6.45, 7) is 6.02. The van der Waals surface area contributed by atoms with Crippen LogP contribution in [0.1, 0.15) is 100 Å². The first-order chi connectivity index (χ1) is 19.4. The molecule has 3 aliphatic rings. The van der Waals surface area contributed by atoms with Crippen LogP contribution in [0.4, 0.5) is 9.18 Å². The fraction of sp³-hybridized carbons (Fsp3) is 0.677. The molecule has 1 saturated heterocycles. The molecule has 41 heavy (non-hydrogen) atoms. The summed E-state index contributed by atoms with van der Waals surface area (Å²) in [7, 11) is 0. The maximum atomic E-state index is 15.6. The normalized spacial score (nSPS) is 27.3. The number of benzene rings is 1. The van der Waals surface area contributed by atoms with Gasteiger partial charge in [0.1, 0.15) is 17.5 Å². The highest BCUT2D eigenvalue weighted by Crippen LogP contribution is 2.48. The maximum absolute atomic E-state index is 15.6. The average Bonchev–Trinajstić information content (AvgIpc) is 3.32. The van der Waals surface area contributed by atoms with Crippen LogP contribution in [-0.2, 0) is 14.3 Å². The Balaban J connectivity index is 1.51. The first kappa shape index (κ1) is 30.8. The van der Waals surface area contributed by atoms with Gasteiger partial charge in [-0.15, -0.1) is 0 Å². The standard InChI is InChI=1S/C31H44FN3O6/c1-31(2,3)41-30(40)34-16-18-12-14-20(15-13-18)28(37)35-17-23(21-10-7-11-22(25(21)32)29(38)39)24(26(35)27(33)36)19-8-5-4-6-9-19/h7,10-11,18-20,23-24,26H,4-6,8-9,12-17H2,1-3H3,(H2,33,36)(H,34,40)(H,38,39)/t18-,20-,23?,24-,26+/m1/s1. The van der Waals surface area contributed by atoms with Crippen LogP contribution in [0.5, 0.6) is 0 Å². The molecule has 0 spiro atoms. The highest BCUT2D eigenvalue weighted by molar-refractivity contribution is 5.90. The SMILES string of the molecule is CC(C)(C)OC(=O)NC[C@H]1CC[C@H](C(=O)N2CC(c3cccc(C(=O)O)c3F)[C@@H](C3CCCCC3)[C@H]2C(N)=O)CC1. The van der Waals surface area contributed by atoms with Crippen molar-refractivity contribution < 1.29 is 33.4 Å².